The zero-order valence-electron chi connectivity index (χ0n) is 18.0. The van der Waals surface area contributed by atoms with Crippen molar-refractivity contribution >= 4 is 29.9 Å². The highest BCUT2D eigenvalue weighted by molar-refractivity contribution is 6.32. The molecule has 7 nitrogen and oxygen atoms in total. The lowest BCUT2D eigenvalue weighted by Crippen LogP contribution is -2.47. The molecule has 0 spiro atoms. The number of nitrogens with zero attached hydrogens (tertiary/aromatic N) is 1. The molecule has 32 heavy (non-hydrogen) atoms. The van der Waals surface area contributed by atoms with Crippen LogP contribution >= 0.6 is 11.6 Å². The van der Waals surface area contributed by atoms with Gasteiger partial charge in [0.15, 0.2) is 0 Å². The van der Waals surface area contributed by atoms with Crippen molar-refractivity contribution in [3.63, 3.8) is 0 Å². The second-order valence-corrected chi connectivity index (χ2v) is 8.29. The quantitative estimate of drug-likeness (QED) is 0.279. The lowest BCUT2D eigenvalue weighted by molar-refractivity contribution is -0.215. The zero-order chi connectivity index (χ0) is 23.9. The van der Waals surface area contributed by atoms with Gasteiger partial charge in [-0.15, -0.1) is 0 Å². The number of carbonyl (C=O) groups is 3. The molecule has 1 heterocycles. The fourth-order valence-electron chi connectivity index (χ4n) is 3.80. The van der Waals surface area contributed by atoms with E-state index in [2.05, 4.69) is 5.32 Å². The molecule has 11 heteroatoms. The smallest absolute Gasteiger partial charge is 0.393 e. The van der Waals surface area contributed by atoms with Crippen molar-refractivity contribution in [3.8, 4) is 0 Å². The van der Waals surface area contributed by atoms with Gasteiger partial charge in [-0.3, -0.25) is 14.4 Å². The van der Waals surface area contributed by atoms with Crippen molar-refractivity contribution < 1.29 is 37.0 Å². The van der Waals surface area contributed by atoms with Gasteiger partial charge in [-0.1, -0.05) is 31.0 Å². The van der Waals surface area contributed by atoms with Gasteiger partial charge in [0.2, 0.25) is 12.3 Å². The Morgan fingerprint density at radius 3 is 2.75 bits per heavy atom. The summed E-state index contributed by atoms with van der Waals surface area (Å²) in [5.41, 5.74) is 0.470. The number of hydrogen-bond donors (Lipinski definition) is 1. The Labute approximate surface area is 189 Å². The number of rotatable bonds is 11. The van der Waals surface area contributed by atoms with Crippen molar-refractivity contribution in [2.75, 3.05) is 26.7 Å². The van der Waals surface area contributed by atoms with Crippen LogP contribution in [-0.2, 0) is 23.9 Å². The van der Waals surface area contributed by atoms with Gasteiger partial charge in [0.05, 0.1) is 30.5 Å². The predicted molar refractivity (Wildman–Crippen MR) is 110 cm³/mol. The highest BCUT2D eigenvalue weighted by atomic mass is 35.5. The molecular formula is C21H28ClF3N2O5. The fraction of sp³-hybridized carbons (Fsp3) is 0.667. The summed E-state index contributed by atoms with van der Waals surface area (Å²) in [5.74, 6) is -3.83. The third-order valence-corrected chi connectivity index (χ3v) is 5.60. The average Bonchev–Trinajstić information content (AvgIpc) is 2.71. The monoisotopic (exact) mass is 480 g/mol. The van der Waals surface area contributed by atoms with Gasteiger partial charge in [-0.05, 0) is 19.3 Å². The van der Waals surface area contributed by atoms with Crippen molar-refractivity contribution in [1.29, 1.82) is 0 Å². The normalized spacial score (nSPS) is 23.1. The number of unbranched alkanes of at least 4 members (excludes halogenated alkanes) is 1. The summed E-state index contributed by atoms with van der Waals surface area (Å²) in [7, 11) is 1.49. The Bertz CT molecular complexity index is 769. The maximum absolute atomic E-state index is 13.5. The average molecular weight is 481 g/mol. The Hall–Kier alpha value is -2.23. The minimum Gasteiger partial charge on any atom is -0.492 e. The zero-order valence-corrected chi connectivity index (χ0v) is 18.8. The minimum atomic E-state index is -4.54. The summed E-state index contributed by atoms with van der Waals surface area (Å²) in [6.07, 6.45) is -2.33. The van der Waals surface area contributed by atoms with Crippen LogP contribution in [-0.4, -0.2) is 62.2 Å². The van der Waals surface area contributed by atoms with Gasteiger partial charge in [0, 0.05) is 25.1 Å². The molecule has 1 aliphatic carbocycles. The number of likely N-dealkylation sites (N-methyl/N-ethyl adjacent to an activating group) is 1. The maximum atomic E-state index is 13.5. The van der Waals surface area contributed by atoms with E-state index in [0.717, 1.165) is 0 Å². The van der Waals surface area contributed by atoms with Crippen LogP contribution in [0.25, 0.3) is 0 Å². The van der Waals surface area contributed by atoms with Gasteiger partial charge >= 0.3 is 12.1 Å². The van der Waals surface area contributed by atoms with Crippen molar-refractivity contribution in [2.45, 2.75) is 51.3 Å². The van der Waals surface area contributed by atoms with Crippen LogP contribution in [0.4, 0.5) is 13.2 Å². The molecule has 1 saturated heterocycles. The van der Waals surface area contributed by atoms with E-state index in [0.29, 0.717) is 44.2 Å². The van der Waals surface area contributed by atoms with Crippen LogP contribution in [0.5, 0.6) is 0 Å². The third-order valence-electron chi connectivity index (χ3n) is 5.30. The SMILES string of the molecule is CCCC1=C(OCCCCNC(=O)CN(C)C=O)C(Cl)=CC2C1OC(=O)CC2C(F)(F)F. The van der Waals surface area contributed by atoms with E-state index in [1.165, 1.54) is 18.0 Å². The fourth-order valence-corrected chi connectivity index (χ4v) is 4.12. The molecule has 0 radical (unpaired) electrons. The molecule has 1 aliphatic heterocycles. The van der Waals surface area contributed by atoms with Gasteiger partial charge in [0.1, 0.15) is 11.9 Å². The number of allylic oxidation sites excluding steroid dienone is 1. The van der Waals surface area contributed by atoms with Gasteiger partial charge < -0.3 is 19.7 Å². The largest absolute Gasteiger partial charge is 0.492 e. The molecule has 1 fully saturated rings. The number of carbonyl (C=O) groups excluding carboxylic acids is 3. The first-order chi connectivity index (χ1) is 15.1. The molecule has 3 atom stereocenters. The molecule has 0 aromatic carbocycles. The molecule has 2 aliphatic rings. The maximum Gasteiger partial charge on any atom is 0.393 e. The molecule has 3 unspecified atom stereocenters. The van der Waals surface area contributed by atoms with Crippen molar-refractivity contribution in [3.05, 3.63) is 22.4 Å². The van der Waals surface area contributed by atoms with Crippen molar-refractivity contribution in [2.24, 2.45) is 11.8 Å². The molecule has 0 bridgehead atoms. The van der Waals surface area contributed by atoms with Crippen LogP contribution in [0.15, 0.2) is 22.4 Å². The Balaban J connectivity index is 1.98. The predicted octanol–water partition coefficient (Wildman–Crippen LogP) is 3.29. The van der Waals surface area contributed by atoms with Crippen LogP contribution in [0.3, 0.4) is 0 Å². The number of amides is 2. The number of alkyl halides is 3. The summed E-state index contributed by atoms with van der Waals surface area (Å²) < 4.78 is 51.6. The van der Waals surface area contributed by atoms with Crippen LogP contribution in [0.1, 0.15) is 39.0 Å². The molecule has 2 rings (SSSR count). The molecule has 0 saturated carbocycles. The van der Waals surface area contributed by atoms with Crippen LogP contribution in [0.2, 0.25) is 0 Å². The van der Waals surface area contributed by atoms with Crippen LogP contribution < -0.4 is 5.32 Å². The first-order valence-corrected chi connectivity index (χ1v) is 10.9. The molecule has 180 valence electrons. The summed E-state index contributed by atoms with van der Waals surface area (Å²) in [6, 6.07) is 0. The van der Waals surface area contributed by atoms with E-state index in [1.807, 2.05) is 6.92 Å². The van der Waals surface area contributed by atoms with Crippen LogP contribution in [0, 0.1) is 11.8 Å². The molecule has 1 N–H and O–H groups in total. The van der Waals surface area contributed by atoms with Gasteiger partial charge in [-0.2, -0.15) is 13.2 Å². The highest BCUT2D eigenvalue weighted by Gasteiger charge is 2.54. The summed E-state index contributed by atoms with van der Waals surface area (Å²) in [4.78, 5) is 35.2. The van der Waals surface area contributed by atoms with E-state index >= 15 is 0 Å². The number of halogens is 4. The van der Waals surface area contributed by atoms with E-state index in [1.54, 1.807) is 0 Å². The number of fused-ring (bicyclic) bond motifs is 1. The number of nitrogens with one attached hydrogen (secondary N) is 1. The number of hydrogen-bond acceptors (Lipinski definition) is 5. The van der Waals surface area contributed by atoms with E-state index in [-0.39, 0.29) is 29.9 Å². The molecular weight excluding hydrogens is 453 g/mol. The van der Waals surface area contributed by atoms with Gasteiger partial charge in [0.25, 0.3) is 0 Å². The van der Waals surface area contributed by atoms with Gasteiger partial charge in [-0.25, -0.2) is 0 Å². The lowest BCUT2D eigenvalue weighted by Gasteiger charge is -2.40. The van der Waals surface area contributed by atoms with E-state index in [4.69, 9.17) is 21.1 Å². The lowest BCUT2D eigenvalue weighted by atomic mass is 9.76. The van der Waals surface area contributed by atoms with E-state index < -0.39 is 36.5 Å². The molecule has 2 amide bonds. The standard InChI is InChI=1S/C21H28ClF3N2O5/c1-3-6-13-19-14(15(21(23,24)25)10-18(30)32-19)9-16(22)20(13)31-8-5-4-7-26-17(29)11-27(2)12-28/h9,12,14-15,19H,3-8,10-11H2,1-2H3,(H,26,29). The molecule has 0 aromatic rings. The van der Waals surface area contributed by atoms with E-state index in [9.17, 15) is 27.6 Å². The summed E-state index contributed by atoms with van der Waals surface area (Å²) >= 11 is 6.31. The molecule has 0 aromatic heterocycles. The third kappa shape index (κ3) is 6.88. The summed E-state index contributed by atoms with van der Waals surface area (Å²) in [6.45, 7) is 2.44. The Morgan fingerprint density at radius 1 is 1.41 bits per heavy atom. The number of esters is 1. The summed E-state index contributed by atoms with van der Waals surface area (Å²) in [5, 5.41) is 2.77. The van der Waals surface area contributed by atoms with Crippen molar-refractivity contribution in [1.82, 2.24) is 10.2 Å². The second-order valence-electron chi connectivity index (χ2n) is 7.89. The Morgan fingerprint density at radius 2 is 2.12 bits per heavy atom. The Kier molecular flexibility index (Phi) is 9.42. The number of ether oxygens (including phenoxy) is 2. The topological polar surface area (TPSA) is 84.9 Å². The second kappa shape index (κ2) is 11.6. The highest BCUT2D eigenvalue weighted by Crippen LogP contribution is 2.47. The first-order valence-electron chi connectivity index (χ1n) is 10.5. The minimum absolute atomic E-state index is 0.0339. The first kappa shape index (κ1) is 26.0.